The maximum atomic E-state index is 12.4. The second kappa shape index (κ2) is 8.67. The van der Waals surface area contributed by atoms with E-state index in [-0.39, 0.29) is 24.0 Å². The van der Waals surface area contributed by atoms with E-state index < -0.39 is 12.2 Å². The summed E-state index contributed by atoms with van der Waals surface area (Å²) in [4.78, 5) is 29.1. The van der Waals surface area contributed by atoms with Gasteiger partial charge in [0.2, 0.25) is 0 Å². The third kappa shape index (κ3) is 4.50. The van der Waals surface area contributed by atoms with E-state index in [1.165, 1.54) is 16.9 Å². The SMILES string of the molecule is O=C(NCC1CN(c2ccc(C3(CN4CC[C@@H](O)C4)CC3)cc2)C(=O)O1)c1ccc(Cl)s1. The van der Waals surface area contributed by atoms with Crippen molar-refractivity contribution in [1.82, 2.24) is 10.2 Å². The number of carbonyl (C=O) groups excluding carboxylic acids is 2. The molecular weight excluding hydrogens is 450 g/mol. The molecule has 1 aliphatic carbocycles. The van der Waals surface area contributed by atoms with Crippen molar-refractivity contribution in [2.24, 2.45) is 0 Å². The van der Waals surface area contributed by atoms with Crippen LogP contribution in [0.5, 0.6) is 0 Å². The van der Waals surface area contributed by atoms with Gasteiger partial charge in [0.1, 0.15) is 6.10 Å². The van der Waals surface area contributed by atoms with Crippen molar-refractivity contribution >= 4 is 40.6 Å². The molecule has 1 aromatic heterocycles. The Morgan fingerprint density at radius 3 is 2.62 bits per heavy atom. The maximum Gasteiger partial charge on any atom is 0.414 e. The van der Waals surface area contributed by atoms with E-state index in [2.05, 4.69) is 22.3 Å². The van der Waals surface area contributed by atoms with Gasteiger partial charge >= 0.3 is 6.09 Å². The van der Waals surface area contributed by atoms with E-state index in [1.807, 2.05) is 12.1 Å². The lowest BCUT2D eigenvalue weighted by Crippen LogP contribution is -2.34. The first-order valence-electron chi connectivity index (χ1n) is 10.9. The average Bonchev–Trinajstić information content (AvgIpc) is 3.07. The molecule has 0 radical (unpaired) electrons. The van der Waals surface area contributed by atoms with E-state index in [0.717, 1.165) is 44.6 Å². The number of anilines is 1. The first-order valence-corrected chi connectivity index (χ1v) is 12.1. The van der Waals surface area contributed by atoms with Crippen molar-refractivity contribution in [1.29, 1.82) is 0 Å². The highest BCUT2D eigenvalue weighted by molar-refractivity contribution is 7.18. The van der Waals surface area contributed by atoms with Crippen LogP contribution in [0.1, 0.15) is 34.5 Å². The summed E-state index contributed by atoms with van der Waals surface area (Å²) in [6.07, 6.45) is 2.16. The third-order valence-corrected chi connectivity index (χ3v) is 7.81. The van der Waals surface area contributed by atoms with Gasteiger partial charge in [-0.1, -0.05) is 23.7 Å². The molecule has 2 atom stereocenters. The molecule has 2 aliphatic heterocycles. The summed E-state index contributed by atoms with van der Waals surface area (Å²) in [5, 5.41) is 12.6. The molecule has 3 fully saturated rings. The van der Waals surface area contributed by atoms with Crippen molar-refractivity contribution in [2.45, 2.75) is 36.9 Å². The summed E-state index contributed by atoms with van der Waals surface area (Å²) in [5.74, 6) is -0.221. The molecule has 2 N–H and O–H groups in total. The number of likely N-dealkylation sites (tertiary alicyclic amines) is 1. The van der Waals surface area contributed by atoms with Gasteiger partial charge in [-0.25, -0.2) is 4.79 Å². The number of benzene rings is 1. The highest BCUT2D eigenvalue weighted by atomic mass is 35.5. The zero-order valence-corrected chi connectivity index (χ0v) is 19.2. The van der Waals surface area contributed by atoms with Gasteiger partial charge in [-0.3, -0.25) is 14.6 Å². The standard InChI is InChI=1S/C23H26ClN3O4S/c24-20-6-5-19(32-20)21(29)25-11-18-13-27(22(30)31-18)16-3-1-15(2-4-16)23(8-9-23)14-26-10-7-17(28)12-26/h1-6,17-18,28H,7-14H2,(H,25,29)/t17-,18?/m1/s1. The Labute approximate surface area is 195 Å². The van der Waals surface area contributed by atoms with Crippen molar-refractivity contribution < 1.29 is 19.4 Å². The van der Waals surface area contributed by atoms with E-state index in [1.54, 1.807) is 17.0 Å². The quantitative estimate of drug-likeness (QED) is 0.642. The van der Waals surface area contributed by atoms with Gasteiger partial charge in [-0.15, -0.1) is 11.3 Å². The minimum absolute atomic E-state index is 0.172. The van der Waals surface area contributed by atoms with Crippen LogP contribution < -0.4 is 10.2 Å². The molecule has 5 rings (SSSR count). The van der Waals surface area contributed by atoms with Crippen molar-refractivity contribution in [3.8, 4) is 0 Å². The van der Waals surface area contributed by atoms with Gasteiger partial charge in [0, 0.05) is 30.7 Å². The van der Waals surface area contributed by atoms with E-state index in [0.29, 0.717) is 15.8 Å². The van der Waals surface area contributed by atoms with Gasteiger partial charge in [0.15, 0.2) is 0 Å². The fourth-order valence-corrected chi connectivity index (χ4v) is 5.60. The fraction of sp³-hybridized carbons (Fsp3) is 0.478. The number of halogens is 1. The van der Waals surface area contributed by atoms with Crippen molar-refractivity contribution in [2.75, 3.05) is 37.6 Å². The normalized spacial score (nSPS) is 24.6. The minimum atomic E-state index is -0.405. The number of cyclic esters (lactones) is 1. The van der Waals surface area contributed by atoms with Crippen LogP contribution in [-0.2, 0) is 10.2 Å². The average molecular weight is 476 g/mol. The van der Waals surface area contributed by atoms with Gasteiger partial charge < -0.3 is 15.2 Å². The number of nitrogens with one attached hydrogen (secondary N) is 1. The topological polar surface area (TPSA) is 82.1 Å². The molecule has 0 bridgehead atoms. The Kier molecular flexibility index (Phi) is 5.88. The summed E-state index contributed by atoms with van der Waals surface area (Å²) < 4.78 is 6.01. The van der Waals surface area contributed by atoms with E-state index in [9.17, 15) is 14.7 Å². The minimum Gasteiger partial charge on any atom is -0.442 e. The largest absolute Gasteiger partial charge is 0.442 e. The second-order valence-corrected chi connectivity index (χ2v) is 10.7. The summed E-state index contributed by atoms with van der Waals surface area (Å²) in [6, 6.07) is 11.5. The van der Waals surface area contributed by atoms with Gasteiger partial charge in [0.05, 0.1) is 28.4 Å². The fourth-order valence-electron chi connectivity index (χ4n) is 4.64. The zero-order chi connectivity index (χ0) is 22.3. The highest BCUT2D eigenvalue weighted by Crippen LogP contribution is 2.49. The number of thiophene rings is 1. The number of hydrogen-bond donors (Lipinski definition) is 2. The van der Waals surface area contributed by atoms with Crippen LogP contribution in [0.25, 0.3) is 0 Å². The van der Waals surface area contributed by atoms with Crippen LogP contribution in [0.4, 0.5) is 10.5 Å². The van der Waals surface area contributed by atoms with Crippen LogP contribution in [0.2, 0.25) is 4.34 Å². The Bertz CT molecular complexity index is 1010. The molecule has 7 nitrogen and oxygen atoms in total. The summed E-state index contributed by atoms with van der Waals surface area (Å²) >= 11 is 7.09. The number of aliphatic hydroxyl groups is 1. The van der Waals surface area contributed by atoms with Crippen LogP contribution in [-0.4, -0.2) is 66.9 Å². The lowest BCUT2D eigenvalue weighted by Gasteiger charge is -2.24. The molecule has 3 heterocycles. The van der Waals surface area contributed by atoms with Crippen LogP contribution in [0.15, 0.2) is 36.4 Å². The van der Waals surface area contributed by atoms with Gasteiger partial charge in [-0.05, 0) is 49.1 Å². The first kappa shape index (κ1) is 21.7. The molecule has 1 unspecified atom stereocenters. The molecule has 2 aromatic rings. The number of aliphatic hydroxyl groups excluding tert-OH is 1. The molecule has 3 aliphatic rings. The molecule has 1 saturated carbocycles. The number of rotatable bonds is 7. The number of amides is 2. The highest BCUT2D eigenvalue weighted by Gasteiger charge is 2.46. The van der Waals surface area contributed by atoms with Crippen molar-refractivity contribution in [3.05, 3.63) is 51.2 Å². The lowest BCUT2D eigenvalue weighted by atomic mass is 9.95. The molecule has 170 valence electrons. The maximum absolute atomic E-state index is 12.4. The number of ether oxygens (including phenoxy) is 1. The zero-order valence-electron chi connectivity index (χ0n) is 17.6. The number of nitrogens with zero attached hydrogens (tertiary/aromatic N) is 2. The molecular formula is C23H26ClN3O4S. The van der Waals surface area contributed by atoms with Crippen LogP contribution in [0, 0.1) is 0 Å². The number of hydrogen-bond acceptors (Lipinski definition) is 6. The molecule has 1 aromatic carbocycles. The molecule has 32 heavy (non-hydrogen) atoms. The summed E-state index contributed by atoms with van der Waals surface area (Å²) in [6.45, 7) is 3.33. The number of β-amino-alcohol motifs (C(OH)–C–C–N with tert-alkyl or cyclic N) is 1. The van der Waals surface area contributed by atoms with Gasteiger partial charge in [-0.2, -0.15) is 0 Å². The van der Waals surface area contributed by atoms with Crippen LogP contribution in [0.3, 0.4) is 0 Å². The molecule has 2 amide bonds. The number of carbonyl (C=O) groups is 2. The second-order valence-electron chi connectivity index (χ2n) is 8.93. The first-order chi connectivity index (χ1) is 15.4. The Morgan fingerprint density at radius 1 is 1.22 bits per heavy atom. The Balaban J connectivity index is 1.17. The Hall–Kier alpha value is -2.13. The monoisotopic (exact) mass is 475 g/mol. The van der Waals surface area contributed by atoms with E-state index >= 15 is 0 Å². The molecule has 0 spiro atoms. The molecule has 2 saturated heterocycles. The van der Waals surface area contributed by atoms with Crippen molar-refractivity contribution in [3.63, 3.8) is 0 Å². The lowest BCUT2D eigenvalue weighted by molar-refractivity contribution is 0.0920. The third-order valence-electron chi connectivity index (χ3n) is 6.58. The van der Waals surface area contributed by atoms with Gasteiger partial charge in [0.25, 0.3) is 5.91 Å². The van der Waals surface area contributed by atoms with Crippen LogP contribution >= 0.6 is 22.9 Å². The van der Waals surface area contributed by atoms with E-state index in [4.69, 9.17) is 16.3 Å². The summed E-state index contributed by atoms with van der Waals surface area (Å²) in [7, 11) is 0. The predicted molar refractivity (Wildman–Crippen MR) is 124 cm³/mol. The summed E-state index contributed by atoms with van der Waals surface area (Å²) in [5.41, 5.74) is 2.25. The molecule has 9 heteroatoms. The Morgan fingerprint density at radius 2 is 2.00 bits per heavy atom. The smallest absolute Gasteiger partial charge is 0.414 e. The predicted octanol–water partition coefficient (Wildman–Crippen LogP) is 3.25.